The molecule has 5 rings (SSSR count). The van der Waals surface area contributed by atoms with E-state index in [0.717, 1.165) is 46.6 Å². The number of rotatable bonds is 3. The van der Waals surface area contributed by atoms with Gasteiger partial charge in [-0.15, -0.1) is 0 Å². The minimum atomic E-state index is -0.209. The third-order valence-electron chi connectivity index (χ3n) is 5.29. The Labute approximate surface area is 155 Å². The number of nitrogens with zero attached hydrogens (tertiary/aromatic N) is 2. The number of benzene rings is 1. The summed E-state index contributed by atoms with van der Waals surface area (Å²) < 4.78 is 5.55. The summed E-state index contributed by atoms with van der Waals surface area (Å²) in [6.45, 7) is 3.51. The fourth-order valence-electron chi connectivity index (χ4n) is 3.99. The normalized spacial score (nSPS) is 17.3. The molecule has 6 heteroatoms. The molecular weight excluding hydrogens is 340 g/mol. The van der Waals surface area contributed by atoms with Crippen LogP contribution < -0.4 is 5.56 Å². The first-order valence-electron chi connectivity index (χ1n) is 9.11. The zero-order valence-corrected chi connectivity index (χ0v) is 15.0. The van der Waals surface area contributed by atoms with Gasteiger partial charge >= 0.3 is 0 Å². The van der Waals surface area contributed by atoms with Gasteiger partial charge in [-0.2, -0.15) is 0 Å². The van der Waals surface area contributed by atoms with E-state index in [9.17, 15) is 4.79 Å². The quantitative estimate of drug-likeness (QED) is 0.588. The molecule has 0 unspecified atom stereocenters. The summed E-state index contributed by atoms with van der Waals surface area (Å²) >= 11 is 0. The average Bonchev–Trinajstić information content (AvgIpc) is 3.33. The zero-order chi connectivity index (χ0) is 18.4. The molecule has 2 N–H and O–H groups in total. The van der Waals surface area contributed by atoms with E-state index in [1.807, 2.05) is 30.3 Å². The van der Waals surface area contributed by atoms with E-state index in [4.69, 9.17) is 4.42 Å². The summed E-state index contributed by atoms with van der Waals surface area (Å²) in [5.74, 6) is 0.882. The lowest BCUT2D eigenvalue weighted by atomic mass is 9.95. The molecule has 0 amide bonds. The van der Waals surface area contributed by atoms with Gasteiger partial charge in [0.2, 0.25) is 0 Å². The molecule has 27 heavy (non-hydrogen) atoms. The Morgan fingerprint density at radius 3 is 3.07 bits per heavy atom. The Balaban J connectivity index is 1.66. The number of furan rings is 1. The Bertz CT molecular complexity index is 1160. The molecule has 0 fully saturated rings. The highest BCUT2D eigenvalue weighted by atomic mass is 16.3. The van der Waals surface area contributed by atoms with Gasteiger partial charge < -0.3 is 14.4 Å². The van der Waals surface area contributed by atoms with Crippen molar-refractivity contribution in [2.45, 2.75) is 25.9 Å². The van der Waals surface area contributed by atoms with E-state index in [-0.39, 0.29) is 11.6 Å². The molecule has 1 aliphatic heterocycles. The van der Waals surface area contributed by atoms with Crippen LogP contribution in [0.5, 0.6) is 0 Å². The van der Waals surface area contributed by atoms with Crippen molar-refractivity contribution >= 4 is 10.9 Å². The van der Waals surface area contributed by atoms with Crippen molar-refractivity contribution in [3.05, 3.63) is 87.6 Å². The van der Waals surface area contributed by atoms with E-state index < -0.39 is 0 Å². The minimum absolute atomic E-state index is 0.0725. The van der Waals surface area contributed by atoms with Crippen molar-refractivity contribution in [1.29, 1.82) is 0 Å². The molecule has 0 saturated carbocycles. The molecule has 0 saturated heterocycles. The smallest absolute Gasteiger partial charge is 0.253 e. The number of aryl methyl sites for hydroxylation is 1. The van der Waals surface area contributed by atoms with Crippen LogP contribution in [0.2, 0.25) is 0 Å². The van der Waals surface area contributed by atoms with Crippen LogP contribution in [0, 0.1) is 6.92 Å². The van der Waals surface area contributed by atoms with Crippen LogP contribution in [0.15, 0.2) is 58.2 Å². The second-order valence-corrected chi connectivity index (χ2v) is 7.11. The van der Waals surface area contributed by atoms with Crippen molar-refractivity contribution in [1.82, 2.24) is 19.9 Å². The van der Waals surface area contributed by atoms with E-state index in [1.54, 1.807) is 12.6 Å². The van der Waals surface area contributed by atoms with E-state index in [2.05, 4.69) is 32.8 Å². The SMILES string of the molecule is Cc1ccc2[nH]c(=O)c([C@H]3c4nc[nH]c4CCN3Cc3ccco3)cc2c1. The maximum Gasteiger partial charge on any atom is 0.253 e. The van der Waals surface area contributed by atoms with Gasteiger partial charge in [0.05, 0.1) is 30.9 Å². The van der Waals surface area contributed by atoms with Gasteiger partial charge in [0.15, 0.2) is 0 Å². The molecular formula is C21H20N4O2. The summed E-state index contributed by atoms with van der Waals surface area (Å²) in [6.07, 6.45) is 4.27. The van der Waals surface area contributed by atoms with Gasteiger partial charge in [-0.25, -0.2) is 4.98 Å². The predicted octanol–water partition coefficient (Wildman–Crippen LogP) is 3.30. The second-order valence-electron chi connectivity index (χ2n) is 7.11. The summed E-state index contributed by atoms with van der Waals surface area (Å²) in [6, 6.07) is 11.7. The number of aromatic nitrogens is 3. The van der Waals surface area contributed by atoms with Gasteiger partial charge in [-0.3, -0.25) is 9.69 Å². The number of fused-ring (bicyclic) bond motifs is 2. The van der Waals surface area contributed by atoms with E-state index in [1.165, 1.54) is 0 Å². The van der Waals surface area contributed by atoms with Crippen LogP contribution in [-0.4, -0.2) is 26.4 Å². The summed E-state index contributed by atoms with van der Waals surface area (Å²) in [4.78, 5) is 26.0. The summed E-state index contributed by atoms with van der Waals surface area (Å²) in [5, 5.41) is 1.03. The molecule has 1 aromatic carbocycles. The van der Waals surface area contributed by atoms with Crippen LogP contribution in [0.25, 0.3) is 10.9 Å². The topological polar surface area (TPSA) is 77.9 Å². The van der Waals surface area contributed by atoms with Gasteiger partial charge in [0.1, 0.15) is 5.76 Å². The second kappa shape index (κ2) is 6.25. The summed E-state index contributed by atoms with van der Waals surface area (Å²) in [5.41, 5.74) is 4.68. The lowest BCUT2D eigenvalue weighted by Crippen LogP contribution is -2.38. The Morgan fingerprint density at radius 2 is 2.22 bits per heavy atom. The van der Waals surface area contributed by atoms with Crippen LogP contribution in [0.3, 0.4) is 0 Å². The van der Waals surface area contributed by atoms with Crippen LogP contribution in [0.1, 0.15) is 34.3 Å². The lowest BCUT2D eigenvalue weighted by Gasteiger charge is -2.34. The molecule has 136 valence electrons. The molecule has 1 aliphatic rings. The lowest BCUT2D eigenvalue weighted by molar-refractivity contribution is 0.184. The molecule has 0 spiro atoms. The number of H-pyrrole nitrogens is 2. The van der Waals surface area contributed by atoms with Gasteiger partial charge in [-0.1, -0.05) is 11.6 Å². The number of pyridine rings is 1. The standard InChI is InChI=1S/C21H20N4O2/c1-13-4-5-17-14(9-13)10-16(21(26)24-17)20-19-18(22-12-23-19)6-7-25(20)11-15-3-2-8-27-15/h2-5,8-10,12,20H,6-7,11H2,1H3,(H,22,23)(H,24,26)/t20-/m0/s1. The molecule has 0 bridgehead atoms. The molecule has 0 aliphatic carbocycles. The van der Waals surface area contributed by atoms with Crippen molar-refractivity contribution < 1.29 is 4.42 Å². The van der Waals surface area contributed by atoms with Gasteiger partial charge in [-0.05, 0) is 42.6 Å². The highest BCUT2D eigenvalue weighted by Crippen LogP contribution is 2.33. The van der Waals surface area contributed by atoms with E-state index in [0.29, 0.717) is 12.1 Å². The zero-order valence-electron chi connectivity index (χ0n) is 15.0. The van der Waals surface area contributed by atoms with E-state index >= 15 is 0 Å². The number of nitrogens with one attached hydrogen (secondary N) is 2. The molecule has 0 radical (unpaired) electrons. The molecule has 4 heterocycles. The third kappa shape index (κ3) is 2.78. The maximum atomic E-state index is 13.0. The van der Waals surface area contributed by atoms with Crippen molar-refractivity contribution in [2.24, 2.45) is 0 Å². The molecule has 4 aromatic rings. The molecule has 3 aromatic heterocycles. The highest BCUT2D eigenvalue weighted by molar-refractivity contribution is 5.79. The highest BCUT2D eigenvalue weighted by Gasteiger charge is 2.33. The molecule has 6 nitrogen and oxygen atoms in total. The van der Waals surface area contributed by atoms with Crippen LogP contribution in [0.4, 0.5) is 0 Å². The first-order valence-corrected chi connectivity index (χ1v) is 9.11. The summed E-state index contributed by atoms with van der Waals surface area (Å²) in [7, 11) is 0. The van der Waals surface area contributed by atoms with Gasteiger partial charge in [0.25, 0.3) is 5.56 Å². The predicted molar refractivity (Wildman–Crippen MR) is 103 cm³/mol. The fraction of sp³-hybridized carbons (Fsp3) is 0.238. The number of hydrogen-bond acceptors (Lipinski definition) is 4. The minimum Gasteiger partial charge on any atom is -0.468 e. The number of hydrogen-bond donors (Lipinski definition) is 2. The van der Waals surface area contributed by atoms with Crippen LogP contribution in [-0.2, 0) is 13.0 Å². The molecule has 1 atom stereocenters. The largest absolute Gasteiger partial charge is 0.468 e. The Kier molecular flexibility index (Phi) is 3.72. The number of imidazole rings is 1. The third-order valence-corrected chi connectivity index (χ3v) is 5.29. The monoisotopic (exact) mass is 360 g/mol. The van der Waals surface area contributed by atoms with Crippen molar-refractivity contribution in [2.75, 3.05) is 6.54 Å². The first-order chi connectivity index (χ1) is 13.2. The maximum absolute atomic E-state index is 13.0. The fourth-order valence-corrected chi connectivity index (χ4v) is 3.99. The number of aromatic amines is 2. The average molecular weight is 360 g/mol. The Hall–Kier alpha value is -3.12. The van der Waals surface area contributed by atoms with Crippen molar-refractivity contribution in [3.8, 4) is 0 Å². The van der Waals surface area contributed by atoms with Gasteiger partial charge in [0, 0.05) is 29.7 Å². The first kappa shape index (κ1) is 16.1. The Morgan fingerprint density at radius 1 is 1.30 bits per heavy atom. The van der Waals surface area contributed by atoms with Crippen LogP contribution >= 0.6 is 0 Å². The van der Waals surface area contributed by atoms with Crippen molar-refractivity contribution in [3.63, 3.8) is 0 Å².